The monoisotopic (exact) mass is 154 g/mol. The molecule has 2 heteroatoms. The molecule has 50 valence electrons. The molecule has 0 N–H and O–H groups in total. The Kier molecular flexibility index (Phi) is 54.8. The molecule has 0 radical (unpaired) electrons. The second-order valence-corrected chi connectivity index (χ2v) is 1.08. The summed E-state index contributed by atoms with van der Waals surface area (Å²) in [4.78, 5) is 0. The zero-order chi connectivity index (χ0) is 6.12. The van der Waals surface area contributed by atoms with Gasteiger partial charge in [0.2, 0.25) is 0 Å². The largest absolute Gasteiger partial charge is 0.343 e. The van der Waals surface area contributed by atoms with Crippen LogP contribution >= 0.6 is 0 Å². The maximum Gasteiger partial charge on any atom is 0.0587 e. The molecule has 8 heavy (non-hydrogen) atoms. The van der Waals surface area contributed by atoms with Gasteiger partial charge >= 0.3 is 0 Å². The quantitative estimate of drug-likeness (QED) is 0.419. The Morgan fingerprint density at radius 3 is 1.75 bits per heavy atom. The van der Waals surface area contributed by atoms with Crippen LogP contribution in [0.1, 0.15) is 26.7 Å². The fraction of sp³-hybridized carbons (Fsp3) is 0.667. The standard InChI is InChI=1S/C4H9.C2H3N.Fe/c1-3-4-2;1-2-3;/h1,3-4H2,2H3;1H3;/q-1;;. The number of nitriles is 1. The van der Waals surface area contributed by atoms with Crippen LogP contribution in [0.4, 0.5) is 0 Å². The molecule has 0 aromatic carbocycles. The molecule has 0 aliphatic rings. The van der Waals surface area contributed by atoms with Gasteiger partial charge in [0.1, 0.15) is 0 Å². The van der Waals surface area contributed by atoms with Crippen LogP contribution in [0, 0.1) is 18.3 Å². The van der Waals surface area contributed by atoms with Crippen molar-refractivity contribution in [3.63, 3.8) is 0 Å². The van der Waals surface area contributed by atoms with Gasteiger partial charge in [0.25, 0.3) is 0 Å². The van der Waals surface area contributed by atoms with Gasteiger partial charge in [0.15, 0.2) is 0 Å². The topological polar surface area (TPSA) is 23.8 Å². The second kappa shape index (κ2) is 27.9. The summed E-state index contributed by atoms with van der Waals surface area (Å²) in [6, 6.07) is 1.75. The molecular formula is C6H12FeN-. The Morgan fingerprint density at radius 2 is 1.75 bits per heavy atom. The molecule has 0 fully saturated rings. The van der Waals surface area contributed by atoms with Crippen molar-refractivity contribution in [2.75, 3.05) is 0 Å². The van der Waals surface area contributed by atoms with Crippen molar-refractivity contribution in [3.8, 4) is 6.07 Å². The Hall–Kier alpha value is 0.00948. The first-order valence-electron chi connectivity index (χ1n) is 2.43. The molecule has 0 saturated heterocycles. The third-order valence-corrected chi connectivity index (χ3v) is 0.354. The van der Waals surface area contributed by atoms with Crippen molar-refractivity contribution in [1.29, 1.82) is 5.26 Å². The first-order chi connectivity index (χ1) is 3.33. The minimum absolute atomic E-state index is 0. The smallest absolute Gasteiger partial charge is 0.0587 e. The van der Waals surface area contributed by atoms with E-state index in [2.05, 4.69) is 13.8 Å². The van der Waals surface area contributed by atoms with E-state index in [-0.39, 0.29) is 17.1 Å². The van der Waals surface area contributed by atoms with Gasteiger partial charge in [-0.05, 0) is 0 Å². The fourth-order valence-corrected chi connectivity index (χ4v) is 0. The van der Waals surface area contributed by atoms with Crippen molar-refractivity contribution in [2.24, 2.45) is 0 Å². The van der Waals surface area contributed by atoms with Crippen LogP contribution in [0.15, 0.2) is 0 Å². The first-order valence-corrected chi connectivity index (χ1v) is 2.43. The molecule has 0 rings (SSSR count). The van der Waals surface area contributed by atoms with E-state index < -0.39 is 0 Å². The summed E-state index contributed by atoms with van der Waals surface area (Å²) >= 11 is 0. The molecular weight excluding hydrogens is 142 g/mol. The van der Waals surface area contributed by atoms with Crippen LogP contribution in [0.3, 0.4) is 0 Å². The van der Waals surface area contributed by atoms with Crippen LogP contribution in [0.25, 0.3) is 0 Å². The predicted octanol–water partition coefficient (Wildman–Crippen LogP) is 2.15. The summed E-state index contributed by atoms with van der Waals surface area (Å²) in [5.74, 6) is 0. The Labute approximate surface area is 62.6 Å². The molecule has 0 amide bonds. The summed E-state index contributed by atoms with van der Waals surface area (Å²) in [6.07, 6.45) is 2.28. The van der Waals surface area contributed by atoms with Crippen molar-refractivity contribution < 1.29 is 17.1 Å². The number of rotatable bonds is 1. The first kappa shape index (κ1) is 15.7. The van der Waals surface area contributed by atoms with Crippen molar-refractivity contribution in [1.82, 2.24) is 0 Å². The van der Waals surface area contributed by atoms with Gasteiger partial charge in [0.05, 0.1) is 6.07 Å². The summed E-state index contributed by atoms with van der Waals surface area (Å²) in [5.41, 5.74) is 0. The molecule has 0 heterocycles. The van der Waals surface area contributed by atoms with E-state index in [1.807, 2.05) is 0 Å². The number of hydrogen-bond donors (Lipinski definition) is 0. The molecule has 0 aliphatic heterocycles. The number of unbranched alkanes of at least 4 members (excludes halogenated alkanes) is 1. The van der Waals surface area contributed by atoms with Gasteiger partial charge < -0.3 is 6.92 Å². The molecule has 0 bridgehead atoms. The van der Waals surface area contributed by atoms with E-state index >= 15 is 0 Å². The average molecular weight is 154 g/mol. The average Bonchev–Trinajstić information content (AvgIpc) is 1.69. The van der Waals surface area contributed by atoms with Crippen molar-refractivity contribution in [2.45, 2.75) is 26.7 Å². The maximum absolute atomic E-state index is 7.32. The van der Waals surface area contributed by atoms with Crippen LogP contribution in [-0.4, -0.2) is 0 Å². The predicted molar refractivity (Wildman–Crippen MR) is 31.6 cm³/mol. The van der Waals surface area contributed by atoms with Gasteiger partial charge in [-0.2, -0.15) is 11.7 Å². The van der Waals surface area contributed by atoms with Gasteiger partial charge in [-0.15, -0.1) is 0 Å². The summed E-state index contributed by atoms with van der Waals surface area (Å²) in [7, 11) is 0. The van der Waals surface area contributed by atoms with Gasteiger partial charge in [-0.3, -0.25) is 0 Å². The maximum atomic E-state index is 7.32. The van der Waals surface area contributed by atoms with Crippen LogP contribution in [-0.2, 0) is 17.1 Å². The number of nitrogens with zero attached hydrogens (tertiary/aromatic N) is 1. The third kappa shape index (κ3) is 148. The Bertz CT molecular complexity index is 45.0. The van der Waals surface area contributed by atoms with Gasteiger partial charge in [-0.25, -0.2) is 0 Å². The molecule has 0 unspecified atom stereocenters. The zero-order valence-corrected chi connectivity index (χ0v) is 6.53. The van der Waals surface area contributed by atoms with E-state index in [0.717, 1.165) is 6.42 Å². The summed E-state index contributed by atoms with van der Waals surface area (Å²) in [6.45, 7) is 7.15. The molecule has 0 spiro atoms. The van der Waals surface area contributed by atoms with Crippen LogP contribution in [0.2, 0.25) is 0 Å². The SMILES string of the molecule is CC#N.[CH2-]CCC.[Fe]. The minimum atomic E-state index is 0. The van der Waals surface area contributed by atoms with Crippen LogP contribution < -0.4 is 0 Å². The minimum Gasteiger partial charge on any atom is -0.343 e. The van der Waals surface area contributed by atoms with Gasteiger partial charge in [-0.1, -0.05) is 13.3 Å². The molecule has 1 nitrogen and oxygen atoms in total. The molecule has 0 saturated carbocycles. The van der Waals surface area contributed by atoms with E-state index in [9.17, 15) is 0 Å². The normalized spacial score (nSPS) is 4.75. The fourth-order valence-electron chi connectivity index (χ4n) is 0. The van der Waals surface area contributed by atoms with E-state index in [1.165, 1.54) is 13.3 Å². The van der Waals surface area contributed by atoms with E-state index in [1.54, 1.807) is 6.07 Å². The summed E-state index contributed by atoms with van der Waals surface area (Å²) < 4.78 is 0. The zero-order valence-electron chi connectivity index (χ0n) is 5.42. The molecule has 0 aromatic heterocycles. The van der Waals surface area contributed by atoms with Gasteiger partial charge in [0, 0.05) is 24.0 Å². The van der Waals surface area contributed by atoms with Crippen LogP contribution in [0.5, 0.6) is 0 Å². The van der Waals surface area contributed by atoms with Crippen molar-refractivity contribution >= 4 is 0 Å². The Morgan fingerprint density at radius 1 is 1.62 bits per heavy atom. The molecule has 0 aromatic rings. The molecule has 0 atom stereocenters. The molecule has 0 aliphatic carbocycles. The second-order valence-electron chi connectivity index (χ2n) is 1.08. The number of hydrogen-bond acceptors (Lipinski definition) is 1. The van der Waals surface area contributed by atoms with E-state index in [0.29, 0.717) is 0 Å². The third-order valence-electron chi connectivity index (χ3n) is 0.354. The van der Waals surface area contributed by atoms with E-state index in [4.69, 9.17) is 5.26 Å². The van der Waals surface area contributed by atoms with Crippen molar-refractivity contribution in [3.05, 3.63) is 6.92 Å². The Balaban J connectivity index is -0.0000000575. The summed E-state index contributed by atoms with van der Waals surface area (Å²) in [5, 5.41) is 7.32.